The van der Waals surface area contributed by atoms with Crippen molar-refractivity contribution in [1.29, 1.82) is 0 Å². The summed E-state index contributed by atoms with van der Waals surface area (Å²) in [4.78, 5) is 13.4. The van der Waals surface area contributed by atoms with E-state index in [0.29, 0.717) is 24.6 Å². The Labute approximate surface area is 142 Å². The fourth-order valence-corrected chi connectivity index (χ4v) is 2.40. The summed E-state index contributed by atoms with van der Waals surface area (Å²) in [6, 6.07) is 15.5. The second kappa shape index (κ2) is 8.63. The van der Waals surface area contributed by atoms with E-state index in [-0.39, 0.29) is 5.91 Å². The first-order chi connectivity index (χ1) is 11.1. The zero-order chi connectivity index (χ0) is 16.7. The fraction of sp³-hybridized carbons (Fsp3) is 0.316. The van der Waals surface area contributed by atoms with Crippen LogP contribution in [0.15, 0.2) is 53.4 Å². The van der Waals surface area contributed by atoms with Crippen molar-refractivity contribution in [3.8, 4) is 5.75 Å². The lowest BCUT2D eigenvalue weighted by Gasteiger charge is -2.09. The Balaban J connectivity index is 1.87. The van der Waals surface area contributed by atoms with Crippen LogP contribution >= 0.6 is 11.8 Å². The number of thioether (sulfide) groups is 1. The molecule has 0 aliphatic carbocycles. The molecule has 2 aromatic carbocycles. The number of amides is 1. The van der Waals surface area contributed by atoms with E-state index in [1.54, 1.807) is 23.9 Å². The maximum absolute atomic E-state index is 12.2. The molecule has 4 heteroatoms. The number of ether oxygens (including phenoxy) is 1. The summed E-state index contributed by atoms with van der Waals surface area (Å²) in [5, 5.41) is 2.94. The topological polar surface area (TPSA) is 38.3 Å². The van der Waals surface area contributed by atoms with Gasteiger partial charge in [0.1, 0.15) is 5.75 Å². The van der Waals surface area contributed by atoms with Crippen molar-refractivity contribution in [3.63, 3.8) is 0 Å². The lowest BCUT2D eigenvalue weighted by atomic mass is 10.2. The molecule has 0 spiro atoms. The largest absolute Gasteiger partial charge is 0.493 e. The molecule has 0 atom stereocenters. The number of rotatable bonds is 7. The van der Waals surface area contributed by atoms with Gasteiger partial charge < -0.3 is 10.1 Å². The van der Waals surface area contributed by atoms with E-state index in [1.165, 1.54) is 4.90 Å². The highest BCUT2D eigenvalue weighted by Gasteiger charge is 2.06. The minimum absolute atomic E-state index is 0.0747. The average molecular weight is 329 g/mol. The molecule has 1 amide bonds. The monoisotopic (exact) mass is 329 g/mol. The van der Waals surface area contributed by atoms with E-state index in [9.17, 15) is 4.79 Å². The molecule has 3 nitrogen and oxygen atoms in total. The van der Waals surface area contributed by atoms with Crippen molar-refractivity contribution >= 4 is 17.7 Å². The van der Waals surface area contributed by atoms with Gasteiger partial charge in [0.2, 0.25) is 0 Å². The maximum Gasteiger partial charge on any atom is 0.251 e. The van der Waals surface area contributed by atoms with Gasteiger partial charge in [-0.25, -0.2) is 0 Å². The molecule has 0 aliphatic heterocycles. The van der Waals surface area contributed by atoms with Crippen molar-refractivity contribution < 1.29 is 9.53 Å². The second-order valence-electron chi connectivity index (χ2n) is 5.76. The van der Waals surface area contributed by atoms with Crippen LogP contribution in [0.3, 0.4) is 0 Å². The van der Waals surface area contributed by atoms with Crippen LogP contribution in [0.4, 0.5) is 0 Å². The molecule has 23 heavy (non-hydrogen) atoms. The second-order valence-corrected chi connectivity index (χ2v) is 6.64. The van der Waals surface area contributed by atoms with E-state index in [4.69, 9.17) is 4.74 Å². The quantitative estimate of drug-likeness (QED) is 0.766. The first kappa shape index (κ1) is 17.4. The molecule has 0 aromatic heterocycles. The van der Waals surface area contributed by atoms with Crippen molar-refractivity contribution in [2.45, 2.75) is 25.3 Å². The van der Waals surface area contributed by atoms with Crippen molar-refractivity contribution in [2.24, 2.45) is 5.92 Å². The van der Waals surface area contributed by atoms with E-state index in [2.05, 4.69) is 31.3 Å². The summed E-state index contributed by atoms with van der Waals surface area (Å²) in [6.07, 6.45) is 2.05. The molecule has 2 rings (SSSR count). The molecule has 0 heterocycles. The van der Waals surface area contributed by atoms with Gasteiger partial charge in [-0.1, -0.05) is 26.0 Å². The molecule has 0 saturated heterocycles. The third-order valence-corrected chi connectivity index (χ3v) is 4.06. The lowest BCUT2D eigenvalue weighted by Crippen LogP contribution is -2.22. The summed E-state index contributed by atoms with van der Waals surface area (Å²) in [5.74, 6) is 1.20. The van der Waals surface area contributed by atoms with Crippen LogP contribution < -0.4 is 10.1 Å². The van der Waals surface area contributed by atoms with Crippen molar-refractivity contribution in [2.75, 3.05) is 12.9 Å². The van der Waals surface area contributed by atoms with Gasteiger partial charge in [-0.3, -0.25) is 4.79 Å². The Morgan fingerprint density at radius 2 is 1.74 bits per heavy atom. The van der Waals surface area contributed by atoms with Crippen LogP contribution in [0.25, 0.3) is 0 Å². The molecule has 0 radical (unpaired) electrons. The average Bonchev–Trinajstić information content (AvgIpc) is 2.58. The normalized spacial score (nSPS) is 10.6. The molecule has 1 N–H and O–H groups in total. The Hall–Kier alpha value is -1.94. The Bertz CT molecular complexity index is 621. The van der Waals surface area contributed by atoms with Crippen molar-refractivity contribution in [3.05, 3.63) is 59.7 Å². The maximum atomic E-state index is 12.2. The van der Waals surface area contributed by atoms with E-state index >= 15 is 0 Å². The van der Waals surface area contributed by atoms with Gasteiger partial charge in [0.05, 0.1) is 6.61 Å². The number of carbonyl (C=O) groups is 1. The minimum Gasteiger partial charge on any atom is -0.493 e. The Morgan fingerprint density at radius 1 is 1.09 bits per heavy atom. The smallest absolute Gasteiger partial charge is 0.251 e. The standard InChI is InChI=1S/C19H23NO2S/c1-14(2)13-22-17-8-6-16(7-9-17)19(21)20-12-15-4-10-18(23-3)11-5-15/h4-11,14H,12-13H2,1-3H3,(H,20,21). The lowest BCUT2D eigenvalue weighted by molar-refractivity contribution is 0.0951. The van der Waals surface area contributed by atoms with E-state index < -0.39 is 0 Å². The summed E-state index contributed by atoms with van der Waals surface area (Å²) in [7, 11) is 0. The van der Waals surface area contributed by atoms with Crippen LogP contribution in [0.1, 0.15) is 29.8 Å². The molecule has 0 saturated carbocycles. The van der Waals surface area contributed by atoms with Crippen molar-refractivity contribution in [1.82, 2.24) is 5.32 Å². The highest BCUT2D eigenvalue weighted by molar-refractivity contribution is 7.98. The van der Waals surface area contributed by atoms with Crippen LogP contribution in [0, 0.1) is 5.92 Å². The highest BCUT2D eigenvalue weighted by atomic mass is 32.2. The molecular formula is C19H23NO2S. The Morgan fingerprint density at radius 3 is 2.30 bits per heavy atom. The number of hydrogen-bond acceptors (Lipinski definition) is 3. The van der Waals surface area contributed by atoms with Gasteiger partial charge in [0.15, 0.2) is 0 Å². The van der Waals surface area contributed by atoms with Gasteiger partial charge in [0.25, 0.3) is 5.91 Å². The Kier molecular flexibility index (Phi) is 6.53. The first-order valence-corrected chi connectivity index (χ1v) is 8.95. The van der Waals surface area contributed by atoms with Crippen LogP contribution in [0.5, 0.6) is 5.75 Å². The summed E-state index contributed by atoms with van der Waals surface area (Å²) in [5.41, 5.74) is 1.73. The zero-order valence-electron chi connectivity index (χ0n) is 13.8. The van der Waals surface area contributed by atoms with Gasteiger partial charge >= 0.3 is 0 Å². The fourth-order valence-electron chi connectivity index (χ4n) is 1.99. The van der Waals surface area contributed by atoms with Gasteiger partial charge in [0, 0.05) is 17.0 Å². The third-order valence-electron chi connectivity index (χ3n) is 3.31. The van der Waals surface area contributed by atoms with E-state index in [1.807, 2.05) is 30.5 Å². The van der Waals surface area contributed by atoms with Crippen LogP contribution in [-0.2, 0) is 6.54 Å². The minimum atomic E-state index is -0.0747. The number of benzene rings is 2. The molecule has 2 aromatic rings. The van der Waals surface area contributed by atoms with Gasteiger partial charge in [-0.05, 0) is 54.1 Å². The zero-order valence-corrected chi connectivity index (χ0v) is 14.7. The number of carbonyl (C=O) groups excluding carboxylic acids is 1. The summed E-state index contributed by atoms with van der Waals surface area (Å²) >= 11 is 1.71. The van der Waals surface area contributed by atoms with Crippen LogP contribution in [0.2, 0.25) is 0 Å². The summed E-state index contributed by atoms with van der Waals surface area (Å²) in [6.45, 7) is 5.41. The molecule has 0 fully saturated rings. The SMILES string of the molecule is CSc1ccc(CNC(=O)c2ccc(OCC(C)C)cc2)cc1. The third kappa shape index (κ3) is 5.64. The number of nitrogens with one attached hydrogen (secondary N) is 1. The predicted molar refractivity (Wildman–Crippen MR) is 96.2 cm³/mol. The molecular weight excluding hydrogens is 306 g/mol. The highest BCUT2D eigenvalue weighted by Crippen LogP contribution is 2.15. The summed E-state index contributed by atoms with van der Waals surface area (Å²) < 4.78 is 5.62. The predicted octanol–water partition coefficient (Wildman–Crippen LogP) is 4.37. The van der Waals surface area contributed by atoms with Crippen LogP contribution in [-0.4, -0.2) is 18.8 Å². The van der Waals surface area contributed by atoms with Gasteiger partial charge in [-0.2, -0.15) is 0 Å². The first-order valence-electron chi connectivity index (χ1n) is 7.72. The number of hydrogen-bond donors (Lipinski definition) is 1. The molecule has 122 valence electrons. The molecule has 0 aliphatic rings. The van der Waals surface area contributed by atoms with E-state index in [0.717, 1.165) is 11.3 Å². The molecule has 0 bridgehead atoms. The molecule has 0 unspecified atom stereocenters. The van der Waals surface area contributed by atoms with Gasteiger partial charge in [-0.15, -0.1) is 11.8 Å².